The number of rotatable bonds is 20. The molecule has 57 heavy (non-hydrogen) atoms. The zero-order chi connectivity index (χ0) is 43.5. The summed E-state index contributed by atoms with van der Waals surface area (Å²) in [6.45, 7) is 40.1. The van der Waals surface area contributed by atoms with E-state index in [1.807, 2.05) is 35.3 Å². The fourth-order valence-corrected chi connectivity index (χ4v) is 11.0. The van der Waals surface area contributed by atoms with Gasteiger partial charge in [-0.1, -0.05) is 125 Å². The molecule has 3 nitrogen and oxygen atoms in total. The number of thioether (sulfide) groups is 3. The summed E-state index contributed by atoms with van der Waals surface area (Å²) in [4.78, 5) is 3.59. The van der Waals surface area contributed by atoms with Gasteiger partial charge in [-0.25, -0.2) is 0 Å². The van der Waals surface area contributed by atoms with Crippen LogP contribution < -0.4 is 0 Å². The molecule has 0 aliphatic carbocycles. The minimum atomic E-state index is -0.178. The highest BCUT2D eigenvalue weighted by Gasteiger charge is 2.34. The lowest BCUT2D eigenvalue weighted by Crippen LogP contribution is -2.21. The van der Waals surface area contributed by atoms with Gasteiger partial charge in [0.15, 0.2) is 0 Å². The second-order valence-corrected chi connectivity index (χ2v) is 24.3. The Kier molecular flexibility index (Phi) is 16.3. The van der Waals surface area contributed by atoms with E-state index in [1.165, 1.54) is 14.7 Å². The van der Waals surface area contributed by atoms with Crippen molar-refractivity contribution in [1.82, 2.24) is 0 Å². The van der Waals surface area contributed by atoms with Gasteiger partial charge in [-0.05, 0) is 120 Å². The molecule has 0 unspecified atom stereocenters. The number of phenolic OH excluding ortho intramolecular Hbond substituents is 3. The summed E-state index contributed by atoms with van der Waals surface area (Å²) in [5, 5.41) is 35.3. The fraction of sp³-hybridized carbons (Fsp3) is 0.647. The maximum atomic E-state index is 11.8. The molecule has 0 fully saturated rings. The number of phenols is 3. The summed E-state index contributed by atoms with van der Waals surface area (Å²) >= 11 is 5.72. The second kappa shape index (κ2) is 18.8. The van der Waals surface area contributed by atoms with Gasteiger partial charge < -0.3 is 15.3 Å². The molecule has 0 amide bonds. The second-order valence-electron chi connectivity index (χ2n) is 20.3. The van der Waals surface area contributed by atoms with Gasteiger partial charge in [-0.2, -0.15) is 0 Å². The average molecular weight is 837 g/mol. The number of hydrogen-bond acceptors (Lipinski definition) is 6. The molecule has 0 aliphatic rings. The molecule has 0 aromatic heterocycles. The quantitative estimate of drug-likeness (QED) is 0.0778. The normalized spacial score (nSPS) is 13.5. The third-order valence-electron chi connectivity index (χ3n) is 14.1. The van der Waals surface area contributed by atoms with Crippen LogP contribution in [0, 0.1) is 0 Å². The maximum absolute atomic E-state index is 11.8. The fourth-order valence-electron chi connectivity index (χ4n) is 7.00. The Morgan fingerprint density at radius 1 is 0.386 bits per heavy atom. The Bertz CT molecular complexity index is 1630. The van der Waals surface area contributed by atoms with E-state index < -0.39 is 0 Å². The number of hydrogen-bond donors (Lipinski definition) is 3. The van der Waals surface area contributed by atoms with Crippen molar-refractivity contribution in [2.75, 3.05) is 5.75 Å². The molecule has 0 saturated carbocycles. The van der Waals surface area contributed by atoms with Crippen LogP contribution in [-0.2, 0) is 32.5 Å². The van der Waals surface area contributed by atoms with E-state index in [4.69, 9.17) is 0 Å². The first kappa shape index (κ1) is 49.5. The predicted octanol–water partition coefficient (Wildman–Crippen LogP) is 16.3. The van der Waals surface area contributed by atoms with E-state index in [0.717, 1.165) is 84.1 Å². The molecule has 6 heteroatoms. The van der Waals surface area contributed by atoms with Crippen molar-refractivity contribution in [2.24, 2.45) is 0 Å². The van der Waals surface area contributed by atoms with Crippen molar-refractivity contribution in [3.05, 3.63) is 69.8 Å². The molecular weight excluding hydrogens is 757 g/mol. The lowest BCUT2D eigenvalue weighted by Gasteiger charge is -2.32. The van der Waals surface area contributed by atoms with Crippen LogP contribution in [0.3, 0.4) is 0 Å². The van der Waals surface area contributed by atoms with Gasteiger partial charge in [0.05, 0.1) is 4.58 Å². The molecule has 0 bridgehead atoms. The van der Waals surface area contributed by atoms with Crippen molar-refractivity contribution in [1.29, 1.82) is 0 Å². The Hall–Kier alpha value is -1.89. The van der Waals surface area contributed by atoms with Gasteiger partial charge in [-0.3, -0.25) is 0 Å². The van der Waals surface area contributed by atoms with Crippen LogP contribution in [-0.4, -0.2) is 25.7 Å². The molecule has 3 aromatic rings. The van der Waals surface area contributed by atoms with E-state index in [-0.39, 0.29) is 37.1 Å². The molecule has 3 N–H and O–H groups in total. The molecule has 3 rings (SSSR count). The molecule has 0 radical (unpaired) electrons. The van der Waals surface area contributed by atoms with Crippen LogP contribution in [0.25, 0.3) is 0 Å². The van der Waals surface area contributed by atoms with E-state index in [0.29, 0.717) is 17.2 Å². The summed E-state index contributed by atoms with van der Waals surface area (Å²) < 4.78 is 0.159. The molecule has 320 valence electrons. The van der Waals surface area contributed by atoms with Gasteiger partial charge in [0.25, 0.3) is 0 Å². The number of aromatic hydroxyl groups is 3. The highest BCUT2D eigenvalue weighted by Crippen LogP contribution is 2.50. The topological polar surface area (TPSA) is 60.7 Å². The minimum absolute atomic E-state index is 0.146. The molecule has 0 heterocycles. The summed E-state index contributed by atoms with van der Waals surface area (Å²) in [6.07, 6.45) is 6.52. The monoisotopic (exact) mass is 837 g/mol. The zero-order valence-corrected chi connectivity index (χ0v) is 41.7. The van der Waals surface area contributed by atoms with Crippen LogP contribution in [0.4, 0.5) is 0 Å². The third-order valence-corrected chi connectivity index (χ3v) is 17.7. The smallest absolute Gasteiger partial charge is 0.123 e. The van der Waals surface area contributed by atoms with Crippen LogP contribution in [0.5, 0.6) is 17.2 Å². The lowest BCUT2D eigenvalue weighted by molar-refractivity contribution is 0.398. The summed E-state index contributed by atoms with van der Waals surface area (Å²) in [5.41, 5.74) is 5.16. The van der Waals surface area contributed by atoms with Gasteiger partial charge >= 0.3 is 0 Å². The van der Waals surface area contributed by atoms with Crippen molar-refractivity contribution in [3.8, 4) is 17.2 Å². The van der Waals surface area contributed by atoms with Gasteiger partial charge in [0, 0.05) is 48.1 Å². The molecule has 0 aliphatic heterocycles. The molecule has 0 atom stereocenters. The van der Waals surface area contributed by atoms with E-state index >= 15 is 0 Å². The third kappa shape index (κ3) is 11.3. The Morgan fingerprint density at radius 2 is 0.596 bits per heavy atom. The molecule has 0 spiro atoms. The predicted molar refractivity (Wildman–Crippen MR) is 255 cm³/mol. The minimum Gasteiger partial charge on any atom is -0.507 e. The van der Waals surface area contributed by atoms with Crippen LogP contribution >= 0.6 is 35.3 Å². The van der Waals surface area contributed by atoms with Crippen LogP contribution in [0.1, 0.15) is 203 Å². The standard InChI is InChI=1S/C51H80O3S3/c1-19-46(7,8)36-27-33(28-37(43(36)52)47(9,10)20-2)55-26-25-42(56-34-29-38(48(11,12)21-3)44(53)39(30-34)49(13,14)22-4)57-35-31-40(50(15,16)23-5)45(54)41(32-35)51(17,18)24-6/h27-32,42,52-54H,19-26H2,1-18H3. The maximum Gasteiger partial charge on any atom is 0.123 e. The lowest BCUT2D eigenvalue weighted by atomic mass is 9.75. The largest absolute Gasteiger partial charge is 0.507 e. The highest BCUT2D eigenvalue weighted by atomic mass is 32.2. The zero-order valence-electron chi connectivity index (χ0n) is 39.3. The molecule has 3 aromatic carbocycles. The van der Waals surface area contributed by atoms with Crippen LogP contribution in [0.15, 0.2) is 51.1 Å². The highest BCUT2D eigenvalue weighted by molar-refractivity contribution is 8.17. The Labute approximate surface area is 362 Å². The van der Waals surface area contributed by atoms with E-state index in [1.54, 1.807) is 0 Å². The Morgan fingerprint density at radius 3 is 0.807 bits per heavy atom. The van der Waals surface area contributed by atoms with Gasteiger partial charge in [0.2, 0.25) is 0 Å². The van der Waals surface area contributed by atoms with Crippen molar-refractivity contribution < 1.29 is 15.3 Å². The summed E-state index contributed by atoms with van der Waals surface area (Å²) in [6, 6.07) is 13.5. The SMILES string of the molecule is CCC(C)(C)c1cc(SCCC(Sc2cc(C(C)(C)CC)c(O)c(C(C)(C)CC)c2)Sc2cc(C(C)(C)CC)c(O)c(C(C)(C)CC)c2)cc(C(C)(C)CC)c1O. The first-order valence-corrected chi connectivity index (χ1v) is 24.5. The van der Waals surface area contributed by atoms with Crippen molar-refractivity contribution >= 4 is 35.3 Å². The van der Waals surface area contributed by atoms with E-state index in [2.05, 4.69) is 161 Å². The molecular formula is C51H80O3S3. The first-order chi connectivity index (χ1) is 26.2. The first-order valence-electron chi connectivity index (χ1n) is 21.8. The Balaban J connectivity index is 2.23. The van der Waals surface area contributed by atoms with Crippen molar-refractivity contribution in [3.63, 3.8) is 0 Å². The number of benzene rings is 3. The van der Waals surface area contributed by atoms with Gasteiger partial charge in [0.1, 0.15) is 17.2 Å². The van der Waals surface area contributed by atoms with Gasteiger partial charge in [-0.15, -0.1) is 35.3 Å². The van der Waals surface area contributed by atoms with E-state index in [9.17, 15) is 15.3 Å². The van der Waals surface area contributed by atoms with Crippen LogP contribution in [0.2, 0.25) is 0 Å². The molecule has 0 saturated heterocycles. The van der Waals surface area contributed by atoms with Crippen molar-refractivity contribution in [2.45, 2.75) is 221 Å². The average Bonchev–Trinajstić information content (AvgIpc) is 3.15. The summed E-state index contributed by atoms with van der Waals surface area (Å²) in [7, 11) is 0. The summed E-state index contributed by atoms with van der Waals surface area (Å²) in [5.74, 6) is 2.25.